The van der Waals surface area contributed by atoms with E-state index in [4.69, 9.17) is 0 Å². The molecule has 4 rings (SSSR count). The standard InChI is InChI=1S/C24H29N3O3S/c1-25-31(29,30)22-9-6-19(7-10-22)8-11-24(28)26-15-12-20(13-16-26)18-27-17-14-21-4-2-3-5-23(21)27/h2-11,20,25H,12-18H2,1H3. The van der Waals surface area contributed by atoms with Gasteiger partial charge in [0.1, 0.15) is 0 Å². The lowest BCUT2D eigenvalue weighted by Crippen LogP contribution is -2.40. The molecule has 1 saturated heterocycles. The number of hydrogen-bond acceptors (Lipinski definition) is 4. The molecule has 1 amide bonds. The van der Waals surface area contributed by atoms with Gasteiger partial charge in [-0.3, -0.25) is 4.79 Å². The zero-order valence-electron chi connectivity index (χ0n) is 17.8. The molecule has 0 aliphatic carbocycles. The number of sulfonamides is 1. The van der Waals surface area contributed by atoms with Crippen LogP contribution in [-0.2, 0) is 21.2 Å². The van der Waals surface area contributed by atoms with Crippen molar-refractivity contribution in [2.75, 3.05) is 38.1 Å². The number of nitrogens with zero attached hydrogens (tertiary/aromatic N) is 2. The number of hydrogen-bond donors (Lipinski definition) is 1. The Kier molecular flexibility index (Phi) is 6.43. The molecule has 164 valence electrons. The van der Waals surface area contributed by atoms with Crippen LogP contribution in [0.5, 0.6) is 0 Å². The van der Waals surface area contributed by atoms with Gasteiger partial charge in [-0.2, -0.15) is 0 Å². The van der Waals surface area contributed by atoms with Gasteiger partial charge in [-0.1, -0.05) is 30.3 Å². The molecule has 1 N–H and O–H groups in total. The molecule has 0 unspecified atom stereocenters. The van der Waals surface area contributed by atoms with Crippen molar-refractivity contribution in [3.8, 4) is 0 Å². The topological polar surface area (TPSA) is 69.7 Å². The fraction of sp³-hybridized carbons (Fsp3) is 0.375. The van der Waals surface area contributed by atoms with Crippen molar-refractivity contribution >= 4 is 27.7 Å². The number of carbonyl (C=O) groups is 1. The first-order chi connectivity index (χ1) is 15.0. The Bertz CT molecular complexity index is 1060. The molecule has 0 radical (unpaired) electrons. The van der Waals surface area contributed by atoms with Gasteiger partial charge in [0, 0.05) is 37.9 Å². The Balaban J connectivity index is 1.28. The highest BCUT2D eigenvalue weighted by atomic mass is 32.2. The molecule has 0 aromatic heterocycles. The van der Waals surface area contributed by atoms with Gasteiger partial charge in [0.2, 0.25) is 15.9 Å². The summed E-state index contributed by atoms with van der Waals surface area (Å²) in [6.45, 7) is 3.72. The van der Waals surface area contributed by atoms with Crippen LogP contribution in [0.15, 0.2) is 59.5 Å². The maximum absolute atomic E-state index is 12.6. The van der Waals surface area contributed by atoms with E-state index in [0.29, 0.717) is 5.92 Å². The van der Waals surface area contributed by atoms with E-state index in [-0.39, 0.29) is 10.8 Å². The van der Waals surface area contributed by atoms with E-state index in [1.807, 2.05) is 4.90 Å². The Hall–Kier alpha value is -2.64. The summed E-state index contributed by atoms with van der Waals surface area (Å²) >= 11 is 0. The molecule has 2 aromatic carbocycles. The molecule has 31 heavy (non-hydrogen) atoms. The average Bonchev–Trinajstić information content (AvgIpc) is 3.21. The summed E-state index contributed by atoms with van der Waals surface area (Å²) in [5.41, 5.74) is 3.61. The second-order valence-electron chi connectivity index (χ2n) is 8.20. The summed E-state index contributed by atoms with van der Waals surface area (Å²) in [6, 6.07) is 15.1. The molecular weight excluding hydrogens is 410 g/mol. The fourth-order valence-corrected chi connectivity index (χ4v) is 5.12. The van der Waals surface area contributed by atoms with Crippen molar-refractivity contribution in [3.05, 3.63) is 65.7 Å². The highest BCUT2D eigenvalue weighted by Gasteiger charge is 2.26. The Labute approximate surface area is 184 Å². The number of para-hydroxylation sites is 1. The number of fused-ring (bicyclic) bond motifs is 1. The molecule has 7 heteroatoms. The van der Waals surface area contributed by atoms with Gasteiger partial charge in [-0.15, -0.1) is 0 Å². The molecular formula is C24H29N3O3S. The summed E-state index contributed by atoms with van der Waals surface area (Å²) < 4.78 is 25.9. The quantitative estimate of drug-likeness (QED) is 0.703. The molecule has 6 nitrogen and oxygen atoms in total. The van der Waals surface area contributed by atoms with Crippen molar-refractivity contribution in [2.24, 2.45) is 5.92 Å². The number of rotatable bonds is 6. The number of anilines is 1. The lowest BCUT2D eigenvalue weighted by molar-refractivity contribution is -0.127. The van der Waals surface area contributed by atoms with Gasteiger partial charge in [-0.25, -0.2) is 13.1 Å². The monoisotopic (exact) mass is 439 g/mol. The van der Waals surface area contributed by atoms with Gasteiger partial charge in [0.05, 0.1) is 4.90 Å². The molecule has 2 aliphatic heterocycles. The predicted octanol–water partition coefficient (Wildman–Crippen LogP) is 2.91. The maximum atomic E-state index is 12.6. The SMILES string of the molecule is CNS(=O)(=O)c1ccc(C=CC(=O)N2CCC(CN3CCc4ccccc43)CC2)cc1. The van der Waals surface area contributed by atoms with Crippen LogP contribution >= 0.6 is 0 Å². The minimum atomic E-state index is -3.45. The van der Waals surface area contributed by atoms with Crippen LogP contribution in [0, 0.1) is 5.92 Å². The maximum Gasteiger partial charge on any atom is 0.246 e. The zero-order chi connectivity index (χ0) is 21.8. The Morgan fingerprint density at radius 2 is 1.77 bits per heavy atom. The van der Waals surface area contributed by atoms with Crippen LogP contribution in [0.4, 0.5) is 5.69 Å². The third-order valence-electron chi connectivity index (χ3n) is 6.27. The summed E-state index contributed by atoms with van der Waals surface area (Å²) in [5.74, 6) is 0.623. The third-order valence-corrected chi connectivity index (χ3v) is 7.70. The molecule has 0 saturated carbocycles. The first kappa shape index (κ1) is 21.6. The van der Waals surface area contributed by atoms with Crippen LogP contribution in [0.2, 0.25) is 0 Å². The minimum Gasteiger partial charge on any atom is -0.371 e. The molecule has 0 spiro atoms. The van der Waals surface area contributed by atoms with Crippen molar-refractivity contribution in [2.45, 2.75) is 24.2 Å². The van der Waals surface area contributed by atoms with E-state index in [1.165, 1.54) is 30.4 Å². The van der Waals surface area contributed by atoms with E-state index in [9.17, 15) is 13.2 Å². The van der Waals surface area contributed by atoms with Gasteiger partial charge in [-0.05, 0) is 67.6 Å². The average molecular weight is 440 g/mol. The number of likely N-dealkylation sites (tertiary alicyclic amines) is 1. The summed E-state index contributed by atoms with van der Waals surface area (Å²) in [4.78, 5) is 17.2. The minimum absolute atomic E-state index is 0.0110. The smallest absolute Gasteiger partial charge is 0.246 e. The number of nitrogens with one attached hydrogen (secondary N) is 1. The normalized spacial score (nSPS) is 17.3. The lowest BCUT2D eigenvalue weighted by atomic mass is 9.96. The van der Waals surface area contributed by atoms with Crippen LogP contribution < -0.4 is 9.62 Å². The van der Waals surface area contributed by atoms with Crippen molar-refractivity contribution in [1.82, 2.24) is 9.62 Å². The third kappa shape index (κ3) is 4.99. The fourth-order valence-electron chi connectivity index (χ4n) is 4.39. The van der Waals surface area contributed by atoms with Crippen molar-refractivity contribution in [3.63, 3.8) is 0 Å². The summed E-state index contributed by atoms with van der Waals surface area (Å²) in [5, 5.41) is 0. The van der Waals surface area contributed by atoms with Crippen molar-refractivity contribution < 1.29 is 13.2 Å². The predicted molar refractivity (Wildman–Crippen MR) is 123 cm³/mol. The van der Waals surface area contributed by atoms with Crippen LogP contribution in [0.1, 0.15) is 24.0 Å². The molecule has 0 bridgehead atoms. The second-order valence-corrected chi connectivity index (χ2v) is 10.1. The number of piperidine rings is 1. The largest absolute Gasteiger partial charge is 0.371 e. The lowest BCUT2D eigenvalue weighted by Gasteiger charge is -2.34. The van der Waals surface area contributed by atoms with Gasteiger partial charge in [0.15, 0.2) is 0 Å². The number of carbonyl (C=O) groups excluding carboxylic acids is 1. The highest BCUT2D eigenvalue weighted by Crippen LogP contribution is 2.30. The van der Waals surface area contributed by atoms with Crippen LogP contribution in [-0.4, -0.2) is 52.5 Å². The van der Waals surface area contributed by atoms with E-state index in [1.54, 1.807) is 24.3 Å². The zero-order valence-corrected chi connectivity index (χ0v) is 18.6. The highest BCUT2D eigenvalue weighted by molar-refractivity contribution is 7.89. The van der Waals surface area contributed by atoms with E-state index in [2.05, 4.69) is 33.9 Å². The first-order valence-electron chi connectivity index (χ1n) is 10.8. The molecule has 1 fully saturated rings. The molecule has 2 aromatic rings. The van der Waals surface area contributed by atoms with Gasteiger partial charge >= 0.3 is 0 Å². The second kappa shape index (κ2) is 9.24. The van der Waals surface area contributed by atoms with Gasteiger partial charge in [0.25, 0.3) is 0 Å². The van der Waals surface area contributed by atoms with Gasteiger partial charge < -0.3 is 9.80 Å². The Morgan fingerprint density at radius 1 is 1.06 bits per heavy atom. The van der Waals surface area contributed by atoms with E-state index in [0.717, 1.165) is 51.0 Å². The molecule has 0 atom stereocenters. The van der Waals surface area contributed by atoms with E-state index >= 15 is 0 Å². The van der Waals surface area contributed by atoms with Crippen molar-refractivity contribution in [1.29, 1.82) is 0 Å². The summed E-state index contributed by atoms with van der Waals surface area (Å²) in [6.07, 6.45) is 6.49. The number of benzene rings is 2. The summed E-state index contributed by atoms with van der Waals surface area (Å²) in [7, 11) is -2.06. The molecule has 2 heterocycles. The first-order valence-corrected chi connectivity index (χ1v) is 12.3. The van der Waals surface area contributed by atoms with Crippen LogP contribution in [0.3, 0.4) is 0 Å². The Morgan fingerprint density at radius 3 is 2.48 bits per heavy atom. The van der Waals surface area contributed by atoms with E-state index < -0.39 is 10.0 Å². The number of amides is 1. The molecule has 2 aliphatic rings. The van der Waals surface area contributed by atoms with Crippen LogP contribution in [0.25, 0.3) is 6.08 Å².